The summed E-state index contributed by atoms with van der Waals surface area (Å²) < 4.78 is 3.90. The van der Waals surface area contributed by atoms with Crippen molar-refractivity contribution < 1.29 is 0 Å². The van der Waals surface area contributed by atoms with Crippen LogP contribution in [0.4, 0.5) is 11.6 Å². The molecule has 35 heavy (non-hydrogen) atoms. The number of fused-ring (bicyclic) bond motifs is 2. The summed E-state index contributed by atoms with van der Waals surface area (Å²) in [6.07, 6.45) is 5.15. The van der Waals surface area contributed by atoms with E-state index in [0.717, 1.165) is 71.2 Å². The van der Waals surface area contributed by atoms with Gasteiger partial charge in [-0.1, -0.05) is 12.1 Å². The molecule has 1 fully saturated rings. The Kier molecular flexibility index (Phi) is 5.01. The number of piperidine rings is 1. The van der Waals surface area contributed by atoms with Crippen molar-refractivity contribution in [2.75, 3.05) is 37.0 Å². The number of imidazole rings is 2. The average molecular weight is 470 g/mol. The Labute approximate surface area is 201 Å². The second-order valence-corrected chi connectivity index (χ2v) is 9.20. The van der Waals surface area contributed by atoms with Crippen LogP contribution in [0.1, 0.15) is 18.9 Å². The van der Waals surface area contributed by atoms with Gasteiger partial charge in [0.2, 0.25) is 0 Å². The van der Waals surface area contributed by atoms with Gasteiger partial charge in [-0.3, -0.25) is 4.57 Å². The summed E-state index contributed by atoms with van der Waals surface area (Å²) in [4.78, 5) is 38.5. The smallest absolute Gasteiger partial charge is 0.326 e. The number of aromatic amines is 1. The van der Waals surface area contributed by atoms with Crippen molar-refractivity contribution in [1.82, 2.24) is 34.1 Å². The first-order valence-electron chi connectivity index (χ1n) is 11.8. The largest absolute Gasteiger partial charge is 0.363 e. The molecular weight excluding hydrogens is 442 g/mol. The quantitative estimate of drug-likeness (QED) is 0.432. The lowest BCUT2D eigenvalue weighted by Gasteiger charge is -2.33. The van der Waals surface area contributed by atoms with Gasteiger partial charge in [0.15, 0.2) is 17.0 Å². The number of hydrogen-bond donors (Lipinski definition) is 1. The zero-order chi connectivity index (χ0) is 24.1. The molecule has 0 amide bonds. The van der Waals surface area contributed by atoms with Gasteiger partial charge in [0.1, 0.15) is 18.0 Å². The van der Waals surface area contributed by atoms with Gasteiger partial charge in [-0.15, -0.1) is 0 Å². The summed E-state index contributed by atoms with van der Waals surface area (Å²) in [6, 6.07) is 12.0. The molecule has 0 aliphatic carbocycles. The maximum absolute atomic E-state index is 12.7. The summed E-state index contributed by atoms with van der Waals surface area (Å²) in [5.74, 6) is 2.53. The van der Waals surface area contributed by atoms with E-state index in [-0.39, 0.29) is 11.7 Å². The Hall–Kier alpha value is -4.21. The van der Waals surface area contributed by atoms with Crippen molar-refractivity contribution in [2.45, 2.75) is 18.9 Å². The van der Waals surface area contributed by atoms with Gasteiger partial charge in [-0.2, -0.15) is 0 Å². The normalized spacial score (nSPS) is 14.8. The van der Waals surface area contributed by atoms with Gasteiger partial charge < -0.3 is 19.4 Å². The molecular formula is C25H27N9O. The molecule has 0 bridgehead atoms. The Morgan fingerprint density at radius 3 is 2.57 bits per heavy atom. The number of hydrogen-bond acceptors (Lipinski definition) is 7. The second kappa shape index (κ2) is 8.23. The van der Waals surface area contributed by atoms with Crippen molar-refractivity contribution in [3.63, 3.8) is 0 Å². The van der Waals surface area contributed by atoms with Crippen LogP contribution in [-0.2, 0) is 7.05 Å². The molecule has 1 aromatic carbocycles. The lowest BCUT2D eigenvalue weighted by molar-refractivity contribution is 0.395. The molecule has 10 heteroatoms. The summed E-state index contributed by atoms with van der Waals surface area (Å²) in [6.45, 7) is 1.57. The lowest BCUT2D eigenvalue weighted by atomic mass is 10.0. The van der Waals surface area contributed by atoms with E-state index in [1.165, 1.54) is 0 Å². The van der Waals surface area contributed by atoms with Crippen molar-refractivity contribution >= 4 is 33.8 Å². The van der Waals surface area contributed by atoms with Crippen molar-refractivity contribution in [3.05, 3.63) is 59.4 Å². The molecule has 0 radical (unpaired) electrons. The van der Waals surface area contributed by atoms with Crippen LogP contribution in [0.25, 0.3) is 33.6 Å². The highest BCUT2D eigenvalue weighted by atomic mass is 16.1. The fourth-order valence-corrected chi connectivity index (χ4v) is 5.03. The Morgan fingerprint density at radius 1 is 1.03 bits per heavy atom. The van der Waals surface area contributed by atoms with Gasteiger partial charge in [0, 0.05) is 52.0 Å². The molecule has 1 N–H and O–H groups in total. The van der Waals surface area contributed by atoms with E-state index < -0.39 is 0 Å². The predicted octanol–water partition coefficient (Wildman–Crippen LogP) is 2.98. The molecule has 1 aliphatic rings. The molecule has 10 nitrogen and oxygen atoms in total. The van der Waals surface area contributed by atoms with Gasteiger partial charge in [-0.05, 0) is 37.1 Å². The molecule has 6 rings (SSSR count). The third kappa shape index (κ3) is 3.52. The highest BCUT2D eigenvalue weighted by molar-refractivity contribution is 5.87. The first-order valence-corrected chi connectivity index (χ1v) is 11.8. The number of para-hydroxylation sites is 2. The zero-order valence-corrected chi connectivity index (χ0v) is 20.0. The summed E-state index contributed by atoms with van der Waals surface area (Å²) in [5.41, 5.74) is 4.30. The molecule has 1 aliphatic heterocycles. The number of aryl methyl sites for hydroxylation is 1. The monoisotopic (exact) mass is 469 g/mol. The van der Waals surface area contributed by atoms with Crippen LogP contribution in [0.15, 0.2) is 53.7 Å². The Morgan fingerprint density at radius 2 is 1.83 bits per heavy atom. The SMILES string of the molecule is CN(C)c1ccc(-c2nc3c(N4CCC(n5c(=O)[nH]c6ccccc65)CC4)ncnc3n2C)cn1. The summed E-state index contributed by atoms with van der Waals surface area (Å²) in [5, 5.41) is 0. The topological polar surface area (TPSA) is 101 Å². The van der Waals surface area contributed by atoms with Gasteiger partial charge in [-0.25, -0.2) is 24.7 Å². The number of nitrogens with zero attached hydrogens (tertiary/aromatic N) is 8. The number of pyridine rings is 1. The standard InChI is InChI=1S/C25H27N9O/c1-31(2)20-9-8-16(14-26-20)22-30-21-23(32(22)3)27-15-28-24(21)33-12-10-17(11-13-33)34-19-7-5-4-6-18(19)29-25(34)35/h4-9,14-15,17H,10-13H2,1-3H3,(H,29,35). The van der Waals surface area contributed by atoms with E-state index in [9.17, 15) is 4.79 Å². The molecule has 1 saturated heterocycles. The number of H-pyrrole nitrogens is 1. The Bertz CT molecular complexity index is 1570. The van der Waals surface area contributed by atoms with Crippen LogP contribution in [0.2, 0.25) is 0 Å². The first-order chi connectivity index (χ1) is 17.0. The number of rotatable bonds is 4. The van der Waals surface area contributed by atoms with E-state index in [1.54, 1.807) is 6.33 Å². The van der Waals surface area contributed by atoms with Crippen molar-refractivity contribution in [1.29, 1.82) is 0 Å². The number of benzene rings is 1. The van der Waals surface area contributed by atoms with E-state index in [0.29, 0.717) is 0 Å². The van der Waals surface area contributed by atoms with Crippen molar-refractivity contribution in [2.24, 2.45) is 7.05 Å². The van der Waals surface area contributed by atoms with E-state index in [2.05, 4.69) is 24.8 Å². The van der Waals surface area contributed by atoms with Crippen molar-refractivity contribution in [3.8, 4) is 11.4 Å². The summed E-state index contributed by atoms with van der Waals surface area (Å²) >= 11 is 0. The van der Waals surface area contributed by atoms with Gasteiger partial charge >= 0.3 is 5.69 Å². The number of aromatic nitrogens is 7. The highest BCUT2D eigenvalue weighted by Gasteiger charge is 2.26. The third-order valence-electron chi connectivity index (χ3n) is 6.85. The molecule has 178 valence electrons. The first kappa shape index (κ1) is 21.3. The minimum atomic E-state index is -0.0441. The van der Waals surface area contributed by atoms with Crippen LogP contribution >= 0.6 is 0 Å². The molecule has 0 unspecified atom stereocenters. The van der Waals surface area contributed by atoms with Crippen LogP contribution in [0, 0.1) is 0 Å². The van der Waals surface area contributed by atoms with Gasteiger partial charge in [0.25, 0.3) is 0 Å². The molecule has 5 aromatic rings. The minimum absolute atomic E-state index is 0.0441. The summed E-state index contributed by atoms with van der Waals surface area (Å²) in [7, 11) is 5.91. The van der Waals surface area contributed by atoms with Crippen LogP contribution in [0.3, 0.4) is 0 Å². The average Bonchev–Trinajstić information content (AvgIpc) is 3.40. The fourth-order valence-electron chi connectivity index (χ4n) is 5.03. The molecule has 0 atom stereocenters. The number of nitrogens with one attached hydrogen (secondary N) is 1. The van der Waals surface area contributed by atoms with Gasteiger partial charge in [0.05, 0.1) is 11.0 Å². The molecule has 5 heterocycles. The van der Waals surface area contributed by atoms with Crippen LogP contribution in [0.5, 0.6) is 0 Å². The molecule has 0 saturated carbocycles. The van der Waals surface area contributed by atoms with Crippen LogP contribution in [-0.4, -0.2) is 61.2 Å². The minimum Gasteiger partial charge on any atom is -0.363 e. The molecule has 0 spiro atoms. The van der Waals surface area contributed by atoms with E-state index in [1.807, 2.05) is 77.8 Å². The maximum atomic E-state index is 12.7. The molecule has 4 aromatic heterocycles. The zero-order valence-electron chi connectivity index (χ0n) is 20.0. The Balaban J connectivity index is 1.29. The van der Waals surface area contributed by atoms with E-state index >= 15 is 0 Å². The number of anilines is 2. The van der Waals surface area contributed by atoms with E-state index in [4.69, 9.17) is 4.98 Å². The van der Waals surface area contributed by atoms with Crippen LogP contribution < -0.4 is 15.5 Å². The fraction of sp³-hybridized carbons (Fsp3) is 0.320. The maximum Gasteiger partial charge on any atom is 0.326 e. The highest BCUT2D eigenvalue weighted by Crippen LogP contribution is 2.32. The lowest BCUT2D eigenvalue weighted by Crippen LogP contribution is -2.37. The predicted molar refractivity (Wildman–Crippen MR) is 137 cm³/mol. The second-order valence-electron chi connectivity index (χ2n) is 9.20. The third-order valence-corrected chi connectivity index (χ3v) is 6.85.